The fourth-order valence-corrected chi connectivity index (χ4v) is 4.00. The highest BCUT2D eigenvalue weighted by atomic mass is 19.4. The number of halogens is 3. The number of amidine groups is 1. The minimum Gasteiger partial charge on any atom is -0.486 e. The molecule has 9 nitrogen and oxygen atoms in total. The second-order valence-electron chi connectivity index (χ2n) is 8.28. The predicted molar refractivity (Wildman–Crippen MR) is 117 cm³/mol. The second kappa shape index (κ2) is 10.1. The van der Waals surface area contributed by atoms with Crippen LogP contribution < -0.4 is 15.4 Å². The molecular formula is C22H26F3N5O4. The van der Waals surface area contributed by atoms with Crippen molar-refractivity contribution in [1.82, 2.24) is 9.97 Å². The van der Waals surface area contributed by atoms with Crippen LogP contribution in [0.15, 0.2) is 41.7 Å². The fourth-order valence-electron chi connectivity index (χ4n) is 4.00. The number of oxime groups is 1. The first-order chi connectivity index (χ1) is 16.1. The normalized spacial score (nSPS) is 20.9. The Morgan fingerprint density at radius 3 is 2.65 bits per heavy atom. The van der Waals surface area contributed by atoms with Crippen molar-refractivity contribution < 1.29 is 32.6 Å². The molecule has 0 saturated carbocycles. The molecule has 0 amide bonds. The third kappa shape index (κ3) is 5.86. The minimum atomic E-state index is -4.60. The summed E-state index contributed by atoms with van der Waals surface area (Å²) in [5, 5.41) is 11.4. The van der Waals surface area contributed by atoms with Crippen molar-refractivity contribution in [3.05, 3.63) is 47.8 Å². The first-order valence-corrected chi connectivity index (χ1v) is 10.6. The van der Waals surface area contributed by atoms with E-state index in [1.54, 1.807) is 24.0 Å². The second-order valence-corrected chi connectivity index (χ2v) is 8.28. The van der Waals surface area contributed by atoms with Crippen LogP contribution in [0.1, 0.15) is 25.1 Å². The average molecular weight is 481 g/mol. The first-order valence-electron chi connectivity index (χ1n) is 10.6. The lowest BCUT2D eigenvalue weighted by Gasteiger charge is -2.29. The van der Waals surface area contributed by atoms with Crippen LogP contribution >= 0.6 is 0 Å². The lowest BCUT2D eigenvalue weighted by molar-refractivity contribution is -0.150. The first kappa shape index (κ1) is 25.1. The number of carbonyl (C=O) groups excluding carboxylic acids is 1. The highest BCUT2D eigenvalue weighted by molar-refractivity contribution is 5.81. The maximum atomic E-state index is 13.1. The molecule has 0 unspecified atom stereocenters. The van der Waals surface area contributed by atoms with Gasteiger partial charge in [0.1, 0.15) is 18.1 Å². The van der Waals surface area contributed by atoms with E-state index in [1.807, 2.05) is 19.1 Å². The largest absolute Gasteiger partial charge is 0.486 e. The molecule has 184 valence electrons. The molecule has 34 heavy (non-hydrogen) atoms. The van der Waals surface area contributed by atoms with Gasteiger partial charge in [-0.25, -0.2) is 9.97 Å². The summed E-state index contributed by atoms with van der Waals surface area (Å²) in [7, 11) is 0. The summed E-state index contributed by atoms with van der Waals surface area (Å²) >= 11 is 0. The maximum absolute atomic E-state index is 13.1. The molecule has 1 aliphatic heterocycles. The summed E-state index contributed by atoms with van der Waals surface area (Å²) in [6.45, 7) is 4.11. The molecule has 0 bridgehead atoms. The third-order valence-electron chi connectivity index (χ3n) is 5.63. The fraction of sp³-hybridized carbons (Fsp3) is 0.455. The minimum absolute atomic E-state index is 0.0725. The number of ether oxygens (including phenoxy) is 2. The van der Waals surface area contributed by atoms with Crippen LogP contribution in [0.5, 0.6) is 5.75 Å². The van der Waals surface area contributed by atoms with E-state index in [4.69, 9.17) is 20.4 Å². The van der Waals surface area contributed by atoms with Gasteiger partial charge in [-0.1, -0.05) is 24.2 Å². The van der Waals surface area contributed by atoms with Crippen LogP contribution in [0, 0.1) is 11.3 Å². The van der Waals surface area contributed by atoms with Crippen molar-refractivity contribution in [1.29, 1.82) is 0 Å². The average Bonchev–Trinajstić information content (AvgIpc) is 3.15. The molecule has 2 heterocycles. The van der Waals surface area contributed by atoms with E-state index in [1.165, 1.54) is 0 Å². The highest BCUT2D eigenvalue weighted by Gasteiger charge is 2.48. The van der Waals surface area contributed by atoms with Gasteiger partial charge in [0.15, 0.2) is 5.84 Å². The van der Waals surface area contributed by atoms with Crippen LogP contribution in [-0.2, 0) is 22.1 Å². The Balaban J connectivity index is 1.82. The van der Waals surface area contributed by atoms with E-state index in [-0.39, 0.29) is 38.1 Å². The molecular weight excluding hydrogens is 455 g/mol. The van der Waals surface area contributed by atoms with Crippen molar-refractivity contribution in [2.24, 2.45) is 22.2 Å². The van der Waals surface area contributed by atoms with E-state index in [0.717, 1.165) is 17.8 Å². The van der Waals surface area contributed by atoms with Gasteiger partial charge in [-0.2, -0.15) is 13.2 Å². The maximum Gasteiger partial charge on any atom is 0.433 e. The van der Waals surface area contributed by atoms with Gasteiger partial charge >= 0.3 is 12.1 Å². The van der Waals surface area contributed by atoms with Crippen molar-refractivity contribution in [3.63, 3.8) is 0 Å². The van der Waals surface area contributed by atoms with Gasteiger partial charge in [-0.15, -0.1) is 0 Å². The van der Waals surface area contributed by atoms with Crippen molar-refractivity contribution in [2.75, 3.05) is 31.2 Å². The number of hydrogen-bond acceptors (Lipinski definition) is 8. The van der Waals surface area contributed by atoms with E-state index in [2.05, 4.69) is 15.1 Å². The third-order valence-corrected chi connectivity index (χ3v) is 5.63. The van der Waals surface area contributed by atoms with Crippen molar-refractivity contribution in [3.8, 4) is 5.75 Å². The van der Waals surface area contributed by atoms with Crippen LogP contribution in [0.3, 0.4) is 0 Å². The summed E-state index contributed by atoms with van der Waals surface area (Å²) in [5.74, 6) is -0.662. The van der Waals surface area contributed by atoms with Gasteiger partial charge in [-0.05, 0) is 37.1 Å². The molecule has 1 aliphatic rings. The van der Waals surface area contributed by atoms with Gasteiger partial charge in [0.05, 0.1) is 12.5 Å². The number of aromatic nitrogens is 2. The Kier molecular flexibility index (Phi) is 7.48. The Morgan fingerprint density at radius 2 is 2.03 bits per heavy atom. The summed E-state index contributed by atoms with van der Waals surface area (Å²) in [4.78, 5) is 22.0. The molecule has 1 aromatic carbocycles. The molecule has 2 atom stereocenters. The van der Waals surface area contributed by atoms with Gasteiger partial charge < -0.3 is 25.3 Å². The van der Waals surface area contributed by atoms with E-state index >= 15 is 0 Å². The summed E-state index contributed by atoms with van der Waals surface area (Å²) in [5.41, 5.74) is 4.59. The van der Waals surface area contributed by atoms with Gasteiger partial charge in [-0.3, -0.25) is 4.79 Å². The molecule has 1 saturated heterocycles. The molecule has 12 heteroatoms. The number of nitrogens with two attached hydrogens (primary N) is 1. The monoisotopic (exact) mass is 481 g/mol. The summed E-state index contributed by atoms with van der Waals surface area (Å²) in [6, 6.07) is 7.87. The van der Waals surface area contributed by atoms with E-state index in [0.29, 0.717) is 12.2 Å². The van der Waals surface area contributed by atoms with Gasteiger partial charge in [0, 0.05) is 24.7 Å². The SMILES string of the molecule is CCOC(=O)[C@H]1CN(c2nccc(C(F)(F)F)n2)C[C@@]1(C)Cc1ccc(OC/C(N)=N/O)cc1. The highest BCUT2D eigenvalue weighted by Crippen LogP contribution is 2.41. The van der Waals surface area contributed by atoms with Gasteiger partial charge in [0.25, 0.3) is 0 Å². The number of nitrogens with zero attached hydrogens (tertiary/aromatic N) is 4. The molecule has 0 aliphatic carbocycles. The van der Waals surface area contributed by atoms with Crippen LogP contribution in [-0.4, -0.2) is 53.3 Å². The zero-order valence-electron chi connectivity index (χ0n) is 18.7. The molecule has 0 radical (unpaired) electrons. The Bertz CT molecular complexity index is 1030. The van der Waals surface area contributed by atoms with Crippen LogP contribution in [0.25, 0.3) is 0 Å². The smallest absolute Gasteiger partial charge is 0.433 e. The Hall–Kier alpha value is -3.57. The summed E-state index contributed by atoms with van der Waals surface area (Å²) in [6.07, 6.45) is -3.08. The number of alkyl halides is 3. The number of hydrogen-bond donors (Lipinski definition) is 2. The topological polar surface area (TPSA) is 123 Å². The molecule has 0 spiro atoms. The van der Waals surface area contributed by atoms with E-state index < -0.39 is 29.2 Å². The quantitative estimate of drug-likeness (QED) is 0.194. The number of esters is 1. The lowest BCUT2D eigenvalue weighted by atomic mass is 9.75. The lowest BCUT2D eigenvalue weighted by Crippen LogP contribution is -2.35. The number of anilines is 1. The van der Waals surface area contributed by atoms with E-state index in [9.17, 15) is 18.0 Å². The number of carbonyl (C=O) groups is 1. The molecule has 1 fully saturated rings. The zero-order valence-corrected chi connectivity index (χ0v) is 18.7. The standard InChI is InChI=1S/C22H26F3N5O4/c1-3-33-19(31)16-11-30(20-27-9-8-17(28-20)22(23,24)25)13-21(16,2)10-14-4-6-15(7-5-14)34-12-18(26)29-32/h4-9,16,32H,3,10-13H2,1-2H3,(H2,26,29)/t16-,21-/m1/s1. The predicted octanol–water partition coefficient (Wildman–Crippen LogP) is 2.87. The zero-order chi connectivity index (χ0) is 24.9. The Morgan fingerprint density at radius 1 is 1.32 bits per heavy atom. The molecule has 3 rings (SSSR count). The molecule has 1 aromatic heterocycles. The van der Waals surface area contributed by atoms with Gasteiger partial charge in [0.2, 0.25) is 5.95 Å². The Labute approximate surface area is 194 Å². The molecule has 3 N–H and O–H groups in total. The van der Waals surface area contributed by atoms with Crippen molar-refractivity contribution in [2.45, 2.75) is 26.4 Å². The van der Waals surface area contributed by atoms with Crippen molar-refractivity contribution >= 4 is 17.8 Å². The van der Waals surface area contributed by atoms with Crippen LogP contribution in [0.4, 0.5) is 19.1 Å². The molecule has 2 aromatic rings. The van der Waals surface area contributed by atoms with Crippen LogP contribution in [0.2, 0.25) is 0 Å². The summed E-state index contributed by atoms with van der Waals surface area (Å²) < 4.78 is 50.1. The number of rotatable bonds is 8. The number of benzene rings is 1.